The van der Waals surface area contributed by atoms with Crippen molar-refractivity contribution in [2.45, 2.75) is 12.7 Å². The zero-order valence-corrected chi connectivity index (χ0v) is 7.18. The summed E-state index contributed by atoms with van der Waals surface area (Å²) in [4.78, 5) is 0. The number of sulfonamides is 1. The second kappa shape index (κ2) is 4.33. The highest BCUT2D eigenvalue weighted by Crippen LogP contribution is 2.10. The van der Waals surface area contributed by atoms with Gasteiger partial charge < -0.3 is 0 Å². The Bertz CT molecular complexity index is 270. The summed E-state index contributed by atoms with van der Waals surface area (Å²) in [5.74, 6) is -3.45. The molecule has 0 aliphatic rings. The van der Waals surface area contributed by atoms with Crippen LogP contribution in [0, 0.1) is 11.3 Å². The van der Waals surface area contributed by atoms with Crippen molar-refractivity contribution in [3.8, 4) is 6.07 Å². The Labute approximate surface area is 69.4 Å². The van der Waals surface area contributed by atoms with Crippen molar-refractivity contribution in [2.75, 3.05) is 13.1 Å². The minimum Gasteiger partial charge on any atom is -0.206 e. The van der Waals surface area contributed by atoms with Gasteiger partial charge in [-0.3, -0.25) is 0 Å². The van der Waals surface area contributed by atoms with Gasteiger partial charge in [0.1, 0.15) is 6.54 Å². The summed E-state index contributed by atoms with van der Waals surface area (Å²) in [5.41, 5.74) is 0. The minimum absolute atomic E-state index is 0.125. The largest absolute Gasteiger partial charge is 0.350 e. The maximum atomic E-state index is 11.8. The first-order valence-electron chi connectivity index (χ1n) is 3.10. The van der Waals surface area contributed by atoms with E-state index in [0.717, 1.165) is 0 Å². The highest BCUT2D eigenvalue weighted by atomic mass is 32.2. The molecular formula is C5H8F2N2O2S. The second-order valence-electron chi connectivity index (χ2n) is 1.89. The molecule has 12 heavy (non-hydrogen) atoms. The second-order valence-corrected chi connectivity index (χ2v) is 3.79. The third-order valence-electron chi connectivity index (χ3n) is 1.18. The molecule has 4 nitrogen and oxygen atoms in total. The van der Waals surface area contributed by atoms with Gasteiger partial charge in [0.25, 0.3) is 10.0 Å². The van der Waals surface area contributed by atoms with Crippen LogP contribution in [0.25, 0.3) is 0 Å². The molecular weight excluding hydrogens is 190 g/mol. The lowest BCUT2D eigenvalue weighted by molar-refractivity contribution is 0.221. The highest BCUT2D eigenvalue weighted by molar-refractivity contribution is 7.89. The molecule has 0 radical (unpaired) electrons. The summed E-state index contributed by atoms with van der Waals surface area (Å²) in [5, 5.41) is 8.11. The van der Waals surface area contributed by atoms with Crippen LogP contribution in [0.1, 0.15) is 6.92 Å². The van der Waals surface area contributed by atoms with Crippen LogP contribution in [0.4, 0.5) is 8.78 Å². The molecule has 7 heteroatoms. The average Bonchev–Trinajstić information content (AvgIpc) is 1.99. The molecule has 0 saturated carbocycles. The van der Waals surface area contributed by atoms with E-state index in [9.17, 15) is 17.2 Å². The van der Waals surface area contributed by atoms with E-state index in [4.69, 9.17) is 5.26 Å². The summed E-state index contributed by atoms with van der Waals surface area (Å²) in [6.45, 7) is 0.723. The number of hydrogen-bond acceptors (Lipinski definition) is 3. The molecule has 0 aliphatic carbocycles. The fourth-order valence-electron chi connectivity index (χ4n) is 0.573. The lowest BCUT2D eigenvalue weighted by Gasteiger charge is -2.15. The molecule has 0 unspecified atom stereocenters. The predicted molar refractivity (Wildman–Crippen MR) is 37.8 cm³/mol. The number of alkyl halides is 2. The number of hydrogen-bond donors (Lipinski definition) is 0. The highest BCUT2D eigenvalue weighted by Gasteiger charge is 2.30. The molecule has 0 aromatic heterocycles. The molecule has 0 aromatic carbocycles. The molecule has 0 spiro atoms. The van der Waals surface area contributed by atoms with Gasteiger partial charge in [-0.05, 0) is 0 Å². The van der Waals surface area contributed by atoms with E-state index >= 15 is 0 Å². The van der Waals surface area contributed by atoms with E-state index in [2.05, 4.69) is 0 Å². The monoisotopic (exact) mass is 198 g/mol. The molecule has 0 N–H and O–H groups in total. The van der Waals surface area contributed by atoms with Gasteiger partial charge in [-0.2, -0.15) is 18.3 Å². The maximum absolute atomic E-state index is 11.8. The van der Waals surface area contributed by atoms with Crippen LogP contribution in [0.3, 0.4) is 0 Å². The first-order chi connectivity index (χ1) is 5.46. The summed E-state index contributed by atoms with van der Waals surface area (Å²) in [6.07, 6.45) is 0. The fourth-order valence-corrected chi connectivity index (χ4v) is 1.40. The van der Waals surface area contributed by atoms with Gasteiger partial charge in [0.2, 0.25) is 0 Å². The molecule has 0 rings (SSSR count). The molecule has 0 atom stereocenters. The van der Waals surface area contributed by atoms with E-state index in [1.54, 1.807) is 0 Å². The SMILES string of the molecule is CCN(CC#N)S(=O)(=O)C(F)F. The quantitative estimate of drug-likeness (QED) is 0.614. The first-order valence-corrected chi connectivity index (χ1v) is 4.61. The van der Waals surface area contributed by atoms with Crippen molar-refractivity contribution in [2.24, 2.45) is 0 Å². The Kier molecular flexibility index (Phi) is 4.06. The Hall–Kier alpha value is -0.740. The van der Waals surface area contributed by atoms with E-state index in [1.165, 1.54) is 13.0 Å². The Balaban J connectivity index is 4.64. The van der Waals surface area contributed by atoms with Crippen LogP contribution >= 0.6 is 0 Å². The third-order valence-corrected chi connectivity index (χ3v) is 2.74. The van der Waals surface area contributed by atoms with Gasteiger partial charge in [0.05, 0.1) is 6.07 Å². The first kappa shape index (κ1) is 11.3. The molecule has 0 bridgehead atoms. The van der Waals surface area contributed by atoms with Crippen LogP contribution in [0.15, 0.2) is 0 Å². The Morgan fingerprint density at radius 1 is 1.58 bits per heavy atom. The van der Waals surface area contributed by atoms with Crippen LogP contribution in [-0.4, -0.2) is 31.6 Å². The lowest BCUT2D eigenvalue weighted by atomic mass is 10.6. The topological polar surface area (TPSA) is 61.2 Å². The zero-order chi connectivity index (χ0) is 9.78. The van der Waals surface area contributed by atoms with Crippen molar-refractivity contribution in [3.05, 3.63) is 0 Å². The molecule has 0 amide bonds. The summed E-state index contributed by atoms with van der Waals surface area (Å²) >= 11 is 0. The number of nitriles is 1. The molecule has 0 aliphatic heterocycles. The Morgan fingerprint density at radius 2 is 2.08 bits per heavy atom. The van der Waals surface area contributed by atoms with Gasteiger partial charge in [-0.15, -0.1) is 0 Å². The van der Waals surface area contributed by atoms with Gasteiger partial charge in [-0.25, -0.2) is 8.42 Å². The number of nitrogens with zero attached hydrogens (tertiary/aromatic N) is 2. The average molecular weight is 198 g/mol. The van der Waals surface area contributed by atoms with Crippen LogP contribution in [0.2, 0.25) is 0 Å². The van der Waals surface area contributed by atoms with Crippen molar-refractivity contribution in [1.29, 1.82) is 5.26 Å². The molecule has 70 valence electrons. The van der Waals surface area contributed by atoms with E-state index in [1.807, 2.05) is 0 Å². The normalized spacial score (nSPS) is 12.0. The lowest BCUT2D eigenvalue weighted by Crippen LogP contribution is -2.35. The van der Waals surface area contributed by atoms with Crippen molar-refractivity contribution >= 4 is 10.0 Å². The van der Waals surface area contributed by atoms with E-state index in [-0.39, 0.29) is 6.54 Å². The summed E-state index contributed by atoms with van der Waals surface area (Å²) in [7, 11) is -4.57. The standard InChI is InChI=1S/C5H8F2N2O2S/c1-2-9(4-3-8)12(10,11)5(6)7/h5H,2,4H2,1H3. The fraction of sp³-hybridized carbons (Fsp3) is 0.800. The van der Waals surface area contributed by atoms with Crippen molar-refractivity contribution < 1.29 is 17.2 Å². The molecule has 0 saturated heterocycles. The van der Waals surface area contributed by atoms with Gasteiger partial charge in [0, 0.05) is 6.54 Å². The van der Waals surface area contributed by atoms with Crippen molar-refractivity contribution in [1.82, 2.24) is 4.31 Å². The third kappa shape index (κ3) is 2.39. The molecule has 0 heterocycles. The molecule has 0 aromatic rings. The number of rotatable bonds is 4. The maximum Gasteiger partial charge on any atom is 0.350 e. The van der Waals surface area contributed by atoms with E-state index in [0.29, 0.717) is 4.31 Å². The van der Waals surface area contributed by atoms with Crippen LogP contribution < -0.4 is 0 Å². The summed E-state index contributed by atoms with van der Waals surface area (Å²) < 4.78 is 45.4. The predicted octanol–water partition coefficient (Wildman–Crippen LogP) is 0.384. The molecule has 0 fully saturated rings. The zero-order valence-electron chi connectivity index (χ0n) is 6.37. The summed E-state index contributed by atoms with van der Waals surface area (Å²) in [6, 6.07) is 1.49. The van der Waals surface area contributed by atoms with Gasteiger partial charge >= 0.3 is 5.76 Å². The van der Waals surface area contributed by atoms with Gasteiger partial charge in [0.15, 0.2) is 0 Å². The number of halogens is 2. The minimum atomic E-state index is -4.57. The van der Waals surface area contributed by atoms with E-state index < -0.39 is 22.3 Å². The van der Waals surface area contributed by atoms with Gasteiger partial charge in [-0.1, -0.05) is 6.92 Å². The van der Waals surface area contributed by atoms with Crippen LogP contribution in [0.5, 0.6) is 0 Å². The van der Waals surface area contributed by atoms with Crippen LogP contribution in [-0.2, 0) is 10.0 Å². The smallest absolute Gasteiger partial charge is 0.206 e. The Morgan fingerprint density at radius 3 is 2.33 bits per heavy atom. The van der Waals surface area contributed by atoms with Crippen molar-refractivity contribution in [3.63, 3.8) is 0 Å².